The number of para-hydroxylation sites is 2. The summed E-state index contributed by atoms with van der Waals surface area (Å²) in [6, 6.07) is 14.0. The molecule has 3 rings (SSSR count). The first-order chi connectivity index (χ1) is 16.3. The number of nitrogens with zero attached hydrogens (tertiary/aromatic N) is 3. The Morgan fingerprint density at radius 2 is 1.76 bits per heavy atom. The number of guanidine groups is 1. The second-order valence-electron chi connectivity index (χ2n) is 7.67. The SMILES string of the molecule is CCn1nc(C)c(CN=C(NC(=O)c2ccc(NC(C)=O)cc2)Nc2ccccc2OC)c1C. The quantitative estimate of drug-likeness (QED) is 0.365. The van der Waals surface area contributed by atoms with E-state index in [0.717, 1.165) is 23.5 Å². The van der Waals surface area contributed by atoms with Gasteiger partial charge in [-0.1, -0.05) is 12.1 Å². The van der Waals surface area contributed by atoms with E-state index in [0.29, 0.717) is 29.2 Å². The third-order valence-electron chi connectivity index (χ3n) is 5.29. The molecule has 3 aromatic rings. The zero-order valence-electron chi connectivity index (χ0n) is 20.1. The molecule has 0 unspecified atom stereocenters. The minimum atomic E-state index is -0.340. The van der Waals surface area contributed by atoms with E-state index < -0.39 is 0 Å². The van der Waals surface area contributed by atoms with Crippen LogP contribution in [0.2, 0.25) is 0 Å². The van der Waals surface area contributed by atoms with Crippen LogP contribution in [-0.2, 0) is 17.9 Å². The van der Waals surface area contributed by atoms with Crippen LogP contribution in [0.5, 0.6) is 5.75 Å². The lowest BCUT2D eigenvalue weighted by Crippen LogP contribution is -2.36. The van der Waals surface area contributed by atoms with Crippen LogP contribution in [0.4, 0.5) is 11.4 Å². The van der Waals surface area contributed by atoms with Gasteiger partial charge in [0.1, 0.15) is 5.75 Å². The van der Waals surface area contributed by atoms with Crippen molar-refractivity contribution in [3.63, 3.8) is 0 Å². The second-order valence-corrected chi connectivity index (χ2v) is 7.67. The Balaban J connectivity index is 1.86. The number of hydrogen-bond acceptors (Lipinski definition) is 5. The second kappa shape index (κ2) is 11.1. The van der Waals surface area contributed by atoms with Crippen LogP contribution in [0.15, 0.2) is 53.5 Å². The Morgan fingerprint density at radius 3 is 2.38 bits per heavy atom. The normalized spacial score (nSPS) is 11.1. The molecule has 1 aromatic heterocycles. The molecule has 0 spiro atoms. The van der Waals surface area contributed by atoms with Crippen molar-refractivity contribution in [3.05, 3.63) is 71.0 Å². The summed E-state index contributed by atoms with van der Waals surface area (Å²) in [5.41, 5.74) is 4.66. The average Bonchev–Trinajstić information content (AvgIpc) is 3.10. The van der Waals surface area contributed by atoms with Crippen LogP contribution >= 0.6 is 0 Å². The minimum absolute atomic E-state index is 0.176. The van der Waals surface area contributed by atoms with Gasteiger partial charge in [-0.2, -0.15) is 5.10 Å². The van der Waals surface area contributed by atoms with Gasteiger partial charge in [-0.15, -0.1) is 0 Å². The molecule has 9 heteroatoms. The Morgan fingerprint density at radius 1 is 1.06 bits per heavy atom. The third kappa shape index (κ3) is 6.00. The van der Waals surface area contributed by atoms with Gasteiger partial charge in [-0.05, 0) is 57.2 Å². The largest absolute Gasteiger partial charge is 0.495 e. The van der Waals surface area contributed by atoms with Crippen LogP contribution in [0.3, 0.4) is 0 Å². The van der Waals surface area contributed by atoms with Crippen molar-refractivity contribution in [1.82, 2.24) is 15.1 Å². The Hall–Kier alpha value is -4.14. The summed E-state index contributed by atoms with van der Waals surface area (Å²) in [6.07, 6.45) is 0. The molecule has 2 aromatic carbocycles. The summed E-state index contributed by atoms with van der Waals surface area (Å²) in [5.74, 6) is 0.386. The minimum Gasteiger partial charge on any atom is -0.495 e. The monoisotopic (exact) mass is 462 g/mol. The van der Waals surface area contributed by atoms with Crippen molar-refractivity contribution >= 4 is 29.1 Å². The average molecular weight is 463 g/mol. The first kappa shape index (κ1) is 24.5. The number of aromatic nitrogens is 2. The molecule has 0 saturated heterocycles. The number of amides is 2. The predicted molar refractivity (Wildman–Crippen MR) is 133 cm³/mol. The summed E-state index contributed by atoms with van der Waals surface area (Å²) in [6.45, 7) is 8.55. The standard InChI is InChI=1S/C25H30N6O3/c1-6-31-17(3)21(16(2)30-31)15-26-25(28-22-9-7-8-10-23(22)34-5)29-24(33)19-11-13-20(14-12-19)27-18(4)32/h7-14H,6,15H2,1-5H3,(H,27,32)(H2,26,28,29,33). The van der Waals surface area contributed by atoms with Crippen LogP contribution in [0.1, 0.15) is 41.2 Å². The van der Waals surface area contributed by atoms with Crippen molar-refractivity contribution in [2.45, 2.75) is 40.8 Å². The van der Waals surface area contributed by atoms with E-state index in [1.165, 1.54) is 6.92 Å². The summed E-state index contributed by atoms with van der Waals surface area (Å²) in [7, 11) is 1.58. The highest BCUT2D eigenvalue weighted by molar-refractivity contribution is 6.10. The molecule has 0 bridgehead atoms. The van der Waals surface area contributed by atoms with Crippen LogP contribution in [-0.4, -0.2) is 34.7 Å². The highest BCUT2D eigenvalue weighted by Gasteiger charge is 2.14. The van der Waals surface area contributed by atoms with E-state index in [9.17, 15) is 9.59 Å². The highest BCUT2D eigenvalue weighted by Crippen LogP contribution is 2.23. The summed E-state index contributed by atoms with van der Waals surface area (Å²) in [4.78, 5) is 28.9. The van der Waals surface area contributed by atoms with Gasteiger partial charge < -0.3 is 15.4 Å². The molecular formula is C25H30N6O3. The molecule has 0 aliphatic heterocycles. The fraction of sp³-hybridized carbons (Fsp3) is 0.280. The van der Waals surface area contributed by atoms with Gasteiger partial charge in [0.15, 0.2) is 0 Å². The molecule has 2 amide bonds. The molecule has 0 saturated carbocycles. The fourth-order valence-corrected chi connectivity index (χ4v) is 3.50. The maximum absolute atomic E-state index is 13.0. The Kier molecular flexibility index (Phi) is 8.02. The summed E-state index contributed by atoms with van der Waals surface area (Å²) >= 11 is 0. The molecule has 0 aliphatic carbocycles. The lowest BCUT2D eigenvalue weighted by molar-refractivity contribution is -0.114. The molecule has 0 aliphatic rings. The van der Waals surface area contributed by atoms with Crippen LogP contribution in [0.25, 0.3) is 0 Å². The first-order valence-electron chi connectivity index (χ1n) is 11.0. The molecule has 1 heterocycles. The topological polar surface area (TPSA) is 110 Å². The van der Waals surface area contributed by atoms with E-state index in [2.05, 4.69) is 26.0 Å². The number of methoxy groups -OCH3 is 1. The fourth-order valence-electron chi connectivity index (χ4n) is 3.50. The molecule has 0 atom stereocenters. The maximum atomic E-state index is 13.0. The van der Waals surface area contributed by atoms with Crippen molar-refractivity contribution in [1.29, 1.82) is 0 Å². The molecule has 0 fully saturated rings. The van der Waals surface area contributed by atoms with Gasteiger partial charge in [0, 0.05) is 36.0 Å². The lowest BCUT2D eigenvalue weighted by Gasteiger charge is -2.14. The number of ether oxygens (including phenoxy) is 1. The number of rotatable bonds is 7. The van der Waals surface area contributed by atoms with Crippen molar-refractivity contribution in [2.24, 2.45) is 4.99 Å². The number of nitrogens with one attached hydrogen (secondary N) is 3. The van der Waals surface area contributed by atoms with E-state index >= 15 is 0 Å². The van der Waals surface area contributed by atoms with Crippen molar-refractivity contribution < 1.29 is 14.3 Å². The number of carbonyl (C=O) groups is 2. The van der Waals surface area contributed by atoms with Crippen LogP contribution in [0, 0.1) is 13.8 Å². The van der Waals surface area contributed by atoms with Gasteiger partial charge in [0.25, 0.3) is 5.91 Å². The molecule has 34 heavy (non-hydrogen) atoms. The Labute approximate surface area is 199 Å². The molecule has 0 radical (unpaired) electrons. The predicted octanol–water partition coefficient (Wildman–Crippen LogP) is 3.88. The molecular weight excluding hydrogens is 432 g/mol. The number of anilines is 2. The zero-order chi connectivity index (χ0) is 24.7. The van der Waals surface area contributed by atoms with E-state index in [1.807, 2.05) is 49.7 Å². The molecule has 178 valence electrons. The summed E-state index contributed by atoms with van der Waals surface area (Å²) in [5, 5.41) is 13.3. The number of benzene rings is 2. The van der Waals surface area contributed by atoms with E-state index in [-0.39, 0.29) is 17.8 Å². The summed E-state index contributed by atoms with van der Waals surface area (Å²) < 4.78 is 7.35. The number of hydrogen-bond donors (Lipinski definition) is 3. The Bertz CT molecular complexity index is 1200. The number of aryl methyl sites for hydroxylation is 2. The highest BCUT2D eigenvalue weighted by atomic mass is 16.5. The molecule has 3 N–H and O–H groups in total. The number of carbonyl (C=O) groups excluding carboxylic acids is 2. The van der Waals surface area contributed by atoms with Gasteiger partial charge in [0.2, 0.25) is 11.9 Å². The maximum Gasteiger partial charge on any atom is 0.257 e. The van der Waals surface area contributed by atoms with Gasteiger partial charge in [-0.25, -0.2) is 4.99 Å². The van der Waals surface area contributed by atoms with E-state index in [1.54, 1.807) is 31.4 Å². The molecule has 9 nitrogen and oxygen atoms in total. The lowest BCUT2D eigenvalue weighted by atomic mass is 10.2. The third-order valence-corrected chi connectivity index (χ3v) is 5.29. The first-order valence-corrected chi connectivity index (χ1v) is 11.0. The van der Waals surface area contributed by atoms with Gasteiger partial charge in [-0.3, -0.25) is 19.6 Å². The smallest absolute Gasteiger partial charge is 0.257 e. The van der Waals surface area contributed by atoms with Crippen molar-refractivity contribution in [3.8, 4) is 5.75 Å². The van der Waals surface area contributed by atoms with Crippen molar-refractivity contribution in [2.75, 3.05) is 17.7 Å². The van der Waals surface area contributed by atoms with E-state index in [4.69, 9.17) is 4.74 Å². The van der Waals surface area contributed by atoms with Gasteiger partial charge >= 0.3 is 0 Å². The van der Waals surface area contributed by atoms with Crippen LogP contribution < -0.4 is 20.7 Å². The zero-order valence-corrected chi connectivity index (χ0v) is 20.1. The number of aliphatic imine (C=N–C) groups is 1. The van der Waals surface area contributed by atoms with Gasteiger partial charge in [0.05, 0.1) is 25.0 Å².